The molecule has 1 aliphatic heterocycles. The van der Waals surface area contributed by atoms with Crippen molar-refractivity contribution >= 4 is 11.9 Å². The summed E-state index contributed by atoms with van der Waals surface area (Å²) in [6.45, 7) is 14.8. The van der Waals surface area contributed by atoms with Crippen molar-refractivity contribution in [1.29, 1.82) is 0 Å². The zero-order valence-electron chi connectivity index (χ0n) is 30.4. The average Bonchev–Trinajstić information content (AvgIpc) is 3.71. The number of rotatable bonds is 6. The summed E-state index contributed by atoms with van der Waals surface area (Å²) in [5.74, 6) is 1.43. The number of carbonyl (C=O) groups is 2. The predicted molar refractivity (Wildman–Crippen MR) is 187 cm³/mol. The van der Waals surface area contributed by atoms with Crippen molar-refractivity contribution in [2.45, 2.75) is 124 Å². The molecule has 1 saturated heterocycles. The van der Waals surface area contributed by atoms with E-state index in [-0.39, 0.29) is 57.3 Å². The highest BCUT2D eigenvalue weighted by molar-refractivity contribution is 5.89. The van der Waals surface area contributed by atoms with E-state index in [4.69, 9.17) is 9.47 Å². The second kappa shape index (κ2) is 11.4. The number of carbonyl (C=O) groups excluding carboxylic acids is 2. The van der Waals surface area contributed by atoms with Crippen molar-refractivity contribution in [2.24, 2.45) is 50.7 Å². The molecule has 5 saturated carbocycles. The number of amides is 1. The normalized spacial score (nSPS) is 44.3. The number of fused-ring (bicyclic) bond motifs is 4. The fourth-order valence-corrected chi connectivity index (χ4v) is 13.7. The van der Waals surface area contributed by atoms with Crippen molar-refractivity contribution in [1.82, 2.24) is 9.88 Å². The molecule has 3 unspecified atom stereocenters. The van der Waals surface area contributed by atoms with Gasteiger partial charge in [-0.05, 0) is 109 Å². The topological polar surface area (TPSA) is 89.0 Å². The van der Waals surface area contributed by atoms with Crippen LogP contribution >= 0.6 is 0 Å². The quantitative estimate of drug-likeness (QED) is 0.322. The van der Waals surface area contributed by atoms with Crippen LogP contribution in [-0.2, 0) is 20.8 Å². The molecule has 5 aliphatic carbocycles. The summed E-state index contributed by atoms with van der Waals surface area (Å²) in [4.78, 5) is 32.0. The maximum atomic E-state index is 13.1. The van der Waals surface area contributed by atoms with Gasteiger partial charge in [-0.1, -0.05) is 65.0 Å². The Hall–Kier alpha value is -2.77. The van der Waals surface area contributed by atoms with Crippen LogP contribution < -0.4 is 0 Å². The Kier molecular flexibility index (Phi) is 7.74. The fourth-order valence-electron chi connectivity index (χ4n) is 13.7. The first kappa shape index (κ1) is 33.4. The van der Waals surface area contributed by atoms with Crippen molar-refractivity contribution in [3.63, 3.8) is 0 Å². The maximum absolute atomic E-state index is 13.1. The van der Waals surface area contributed by atoms with E-state index in [9.17, 15) is 14.7 Å². The van der Waals surface area contributed by atoms with Crippen molar-refractivity contribution < 1.29 is 24.2 Å². The summed E-state index contributed by atoms with van der Waals surface area (Å²) >= 11 is 0. The summed E-state index contributed by atoms with van der Waals surface area (Å²) in [5.41, 5.74) is 1.75. The molecule has 0 bridgehead atoms. The molecule has 7 nitrogen and oxygen atoms in total. The van der Waals surface area contributed by atoms with Gasteiger partial charge in [0.2, 0.25) is 5.91 Å². The molecular weight excluding hydrogens is 612 g/mol. The van der Waals surface area contributed by atoms with E-state index in [2.05, 4.69) is 51.7 Å². The summed E-state index contributed by atoms with van der Waals surface area (Å²) in [5, 5.41) is 12.6. The minimum absolute atomic E-state index is 0.00965. The van der Waals surface area contributed by atoms with E-state index < -0.39 is 6.10 Å². The van der Waals surface area contributed by atoms with Crippen LogP contribution in [0.25, 0.3) is 0 Å². The lowest BCUT2D eigenvalue weighted by atomic mass is 9.41. The highest BCUT2D eigenvalue weighted by Gasteiger charge is 2.84. The Morgan fingerprint density at radius 2 is 1.71 bits per heavy atom. The molecule has 7 heteroatoms. The average molecular weight is 669 g/mol. The Bertz CT molecular complexity index is 1600. The zero-order chi connectivity index (χ0) is 34.6. The van der Waals surface area contributed by atoms with Gasteiger partial charge in [0.1, 0.15) is 6.10 Å². The number of aliphatic hydroxyl groups excluding tert-OH is 1. The SMILES string of the molecule is CC(=O)N(Cc1ccccc1)CC1C[C@@H](C)[C@H]2C(O1)[C@H](O)[C@@]1(C)C3CC[C@H]4C(C)(C)[C@@H](OC(=O)c5cccnc5)CC[C@@]45C[C@@]35CC[C@]21C. The lowest BCUT2D eigenvalue weighted by molar-refractivity contribution is -0.183. The number of benzene rings is 1. The lowest BCUT2D eigenvalue weighted by Crippen LogP contribution is -2.60. The maximum Gasteiger partial charge on any atom is 0.339 e. The van der Waals surface area contributed by atoms with E-state index in [1.165, 1.54) is 12.8 Å². The molecular formula is C42H56N2O5. The standard InChI is InChI=1S/C42H56N2O5/c1-26-21-30(24-44(27(2)45)23-28-11-8-7-9-12-28)48-35-34(26)39(5)18-19-42-25-41(42)17-16-33(49-37(47)29-13-10-20-43-22-29)38(3,4)31(41)14-15-32(42)40(39,6)36(35)46/h7-13,20,22,26,30-36,46H,14-19,21,23-25H2,1-6H3/t26-,30?,31+,32?,33+,34+,35?,36+,39-,40-,41-,42+/m1/s1. The largest absolute Gasteiger partial charge is 0.458 e. The number of aliphatic hydroxyl groups is 1. The zero-order valence-corrected chi connectivity index (χ0v) is 30.4. The van der Waals surface area contributed by atoms with Crippen LogP contribution in [0.1, 0.15) is 109 Å². The minimum Gasteiger partial charge on any atom is -0.458 e. The van der Waals surface area contributed by atoms with Gasteiger partial charge < -0.3 is 19.5 Å². The minimum atomic E-state index is -0.534. The van der Waals surface area contributed by atoms with Crippen molar-refractivity contribution in [2.75, 3.05) is 6.54 Å². The highest BCUT2D eigenvalue weighted by atomic mass is 16.5. The number of pyridine rings is 1. The molecule has 1 aromatic carbocycles. The van der Waals surface area contributed by atoms with Crippen LogP contribution in [0.2, 0.25) is 0 Å². The summed E-state index contributed by atoms with van der Waals surface area (Å²) < 4.78 is 13.3. The third-order valence-electron chi connectivity index (χ3n) is 16.0. The summed E-state index contributed by atoms with van der Waals surface area (Å²) in [7, 11) is 0. The molecule has 2 heterocycles. The van der Waals surface area contributed by atoms with Crippen LogP contribution in [0.3, 0.4) is 0 Å². The van der Waals surface area contributed by atoms with Gasteiger partial charge in [-0.15, -0.1) is 0 Å². The Balaban J connectivity index is 1.02. The van der Waals surface area contributed by atoms with E-state index in [1.54, 1.807) is 31.5 Å². The second-order valence-electron chi connectivity index (χ2n) is 18.2. The van der Waals surface area contributed by atoms with Gasteiger partial charge >= 0.3 is 5.97 Å². The summed E-state index contributed by atoms with van der Waals surface area (Å²) in [6.07, 6.45) is 11.0. The van der Waals surface area contributed by atoms with Gasteiger partial charge in [0, 0.05) is 43.2 Å². The highest BCUT2D eigenvalue weighted by Crippen LogP contribution is 2.89. The fraction of sp³-hybridized carbons (Fsp3) is 0.690. The first-order valence-electron chi connectivity index (χ1n) is 19.0. The number of hydrogen-bond donors (Lipinski definition) is 1. The van der Waals surface area contributed by atoms with Gasteiger partial charge in [-0.3, -0.25) is 9.78 Å². The molecule has 6 fully saturated rings. The second-order valence-corrected chi connectivity index (χ2v) is 18.2. The first-order chi connectivity index (χ1) is 23.3. The smallest absolute Gasteiger partial charge is 0.339 e. The van der Waals surface area contributed by atoms with Gasteiger partial charge in [0.05, 0.1) is 23.9 Å². The molecule has 8 rings (SSSR count). The van der Waals surface area contributed by atoms with Crippen LogP contribution in [-0.4, -0.2) is 57.8 Å². The lowest BCUT2D eigenvalue weighted by Gasteiger charge is -2.63. The molecule has 2 aromatic rings. The predicted octanol–water partition coefficient (Wildman–Crippen LogP) is 7.47. The molecule has 6 aliphatic rings. The molecule has 264 valence electrons. The number of aromatic nitrogens is 1. The van der Waals surface area contributed by atoms with E-state index in [0.29, 0.717) is 42.3 Å². The molecule has 2 spiro atoms. The summed E-state index contributed by atoms with van der Waals surface area (Å²) in [6, 6.07) is 13.8. The van der Waals surface area contributed by atoms with Crippen LogP contribution in [0.5, 0.6) is 0 Å². The molecule has 0 radical (unpaired) electrons. The van der Waals surface area contributed by atoms with Crippen LogP contribution in [0.4, 0.5) is 0 Å². The van der Waals surface area contributed by atoms with Gasteiger partial charge in [0.25, 0.3) is 0 Å². The molecule has 1 N–H and O–H groups in total. The third-order valence-corrected chi connectivity index (χ3v) is 16.0. The van der Waals surface area contributed by atoms with Gasteiger partial charge in [0.15, 0.2) is 0 Å². The first-order valence-corrected chi connectivity index (χ1v) is 19.0. The molecule has 12 atom stereocenters. The van der Waals surface area contributed by atoms with E-state index in [0.717, 1.165) is 44.1 Å². The van der Waals surface area contributed by atoms with Crippen LogP contribution in [0.15, 0.2) is 54.9 Å². The van der Waals surface area contributed by atoms with E-state index in [1.807, 2.05) is 23.1 Å². The van der Waals surface area contributed by atoms with Crippen molar-refractivity contribution in [3.8, 4) is 0 Å². The van der Waals surface area contributed by atoms with Gasteiger partial charge in [-0.2, -0.15) is 0 Å². The van der Waals surface area contributed by atoms with Crippen molar-refractivity contribution in [3.05, 3.63) is 66.0 Å². The molecule has 1 amide bonds. The van der Waals surface area contributed by atoms with Crippen LogP contribution in [0, 0.1) is 50.7 Å². The third kappa shape index (κ3) is 4.62. The molecule has 1 aromatic heterocycles. The van der Waals surface area contributed by atoms with Gasteiger partial charge in [-0.25, -0.2) is 4.79 Å². The number of nitrogens with zero attached hydrogens (tertiary/aromatic N) is 2. The molecule has 49 heavy (non-hydrogen) atoms. The Morgan fingerprint density at radius 3 is 2.43 bits per heavy atom. The Morgan fingerprint density at radius 1 is 0.980 bits per heavy atom. The number of ether oxygens (including phenoxy) is 2. The Labute approximate surface area is 292 Å². The van der Waals surface area contributed by atoms with E-state index >= 15 is 0 Å². The number of hydrogen-bond acceptors (Lipinski definition) is 6. The monoisotopic (exact) mass is 668 g/mol. The number of esters is 1.